The van der Waals surface area contributed by atoms with E-state index in [1.165, 1.54) is 22.3 Å². The molecular weight excluding hydrogens is 238 g/mol. The van der Waals surface area contributed by atoms with E-state index in [0.717, 1.165) is 6.54 Å². The van der Waals surface area contributed by atoms with Crippen LogP contribution in [0.3, 0.4) is 0 Å². The molecule has 0 aliphatic heterocycles. The van der Waals surface area contributed by atoms with Gasteiger partial charge in [-0.15, -0.1) is 0 Å². The van der Waals surface area contributed by atoms with Crippen molar-refractivity contribution in [1.29, 1.82) is 0 Å². The summed E-state index contributed by atoms with van der Waals surface area (Å²) in [5, 5.41) is 12.4. The van der Waals surface area contributed by atoms with E-state index in [2.05, 4.69) is 38.2 Å². The predicted octanol–water partition coefficient (Wildman–Crippen LogP) is 3.06. The van der Waals surface area contributed by atoms with Crippen LogP contribution < -0.4 is 5.32 Å². The van der Waals surface area contributed by atoms with Gasteiger partial charge in [0.15, 0.2) is 0 Å². The smallest absolute Gasteiger partial charge is 0.308 e. The maximum absolute atomic E-state index is 11.1. The van der Waals surface area contributed by atoms with Gasteiger partial charge >= 0.3 is 5.97 Å². The summed E-state index contributed by atoms with van der Waals surface area (Å²) in [5.41, 5.74) is 5.16. The molecule has 2 N–H and O–H groups in total. The lowest BCUT2D eigenvalue weighted by molar-refractivity contribution is -0.143. The maximum atomic E-state index is 11.1. The van der Waals surface area contributed by atoms with Gasteiger partial charge in [-0.3, -0.25) is 4.79 Å². The van der Waals surface area contributed by atoms with Crippen LogP contribution in [0.1, 0.15) is 36.1 Å². The zero-order valence-electron chi connectivity index (χ0n) is 12.6. The van der Waals surface area contributed by atoms with Gasteiger partial charge in [0.2, 0.25) is 0 Å². The standard InChI is InChI=1S/C16H25NO2/c1-10(2)15(16(18)19)9-17-8-14-7-6-11(3)12(4)13(14)5/h6-7,10,15,17H,8-9H2,1-5H3,(H,18,19). The third-order valence-electron chi connectivity index (χ3n) is 3.97. The molecule has 1 aromatic rings. The molecule has 0 heterocycles. The third kappa shape index (κ3) is 4.06. The van der Waals surface area contributed by atoms with Crippen molar-refractivity contribution in [2.24, 2.45) is 11.8 Å². The second kappa shape index (κ2) is 6.71. The van der Waals surface area contributed by atoms with Crippen LogP contribution in [0.15, 0.2) is 12.1 Å². The fraction of sp³-hybridized carbons (Fsp3) is 0.562. The Kier molecular flexibility index (Phi) is 5.55. The van der Waals surface area contributed by atoms with Gasteiger partial charge < -0.3 is 10.4 Å². The molecule has 1 unspecified atom stereocenters. The largest absolute Gasteiger partial charge is 0.481 e. The SMILES string of the molecule is Cc1ccc(CNCC(C(=O)O)C(C)C)c(C)c1C. The molecule has 106 valence electrons. The first-order valence-electron chi connectivity index (χ1n) is 6.83. The number of carboxylic acid groups (broad SMARTS) is 1. The summed E-state index contributed by atoms with van der Waals surface area (Å²) in [6.07, 6.45) is 0. The molecule has 0 radical (unpaired) electrons. The van der Waals surface area contributed by atoms with E-state index in [1.807, 2.05) is 13.8 Å². The van der Waals surface area contributed by atoms with Gasteiger partial charge in [-0.05, 0) is 48.9 Å². The number of aliphatic carboxylic acids is 1. The Morgan fingerprint density at radius 2 is 1.84 bits per heavy atom. The molecule has 3 nitrogen and oxygen atoms in total. The lowest BCUT2D eigenvalue weighted by Gasteiger charge is -2.18. The zero-order chi connectivity index (χ0) is 14.6. The van der Waals surface area contributed by atoms with Gasteiger partial charge in [0.1, 0.15) is 0 Å². The molecule has 0 bridgehead atoms. The van der Waals surface area contributed by atoms with Crippen LogP contribution in [0.2, 0.25) is 0 Å². The van der Waals surface area contributed by atoms with Crippen LogP contribution in [0.5, 0.6) is 0 Å². The summed E-state index contributed by atoms with van der Waals surface area (Å²) in [6, 6.07) is 4.24. The zero-order valence-corrected chi connectivity index (χ0v) is 12.6. The van der Waals surface area contributed by atoms with E-state index in [4.69, 9.17) is 5.11 Å². The van der Waals surface area contributed by atoms with E-state index in [-0.39, 0.29) is 11.8 Å². The van der Waals surface area contributed by atoms with Crippen LogP contribution in [-0.2, 0) is 11.3 Å². The van der Waals surface area contributed by atoms with Crippen molar-refractivity contribution in [3.8, 4) is 0 Å². The normalized spacial score (nSPS) is 12.7. The fourth-order valence-corrected chi connectivity index (χ4v) is 2.17. The Hall–Kier alpha value is -1.35. The van der Waals surface area contributed by atoms with Crippen molar-refractivity contribution >= 4 is 5.97 Å². The summed E-state index contributed by atoms with van der Waals surface area (Å²) >= 11 is 0. The number of carboxylic acids is 1. The second-order valence-electron chi connectivity index (χ2n) is 5.61. The van der Waals surface area contributed by atoms with Crippen molar-refractivity contribution in [3.05, 3.63) is 34.4 Å². The lowest BCUT2D eigenvalue weighted by atomic mass is 9.95. The number of rotatable bonds is 6. The van der Waals surface area contributed by atoms with Crippen molar-refractivity contribution in [3.63, 3.8) is 0 Å². The van der Waals surface area contributed by atoms with Gasteiger partial charge in [0.25, 0.3) is 0 Å². The van der Waals surface area contributed by atoms with Gasteiger partial charge in [-0.25, -0.2) is 0 Å². The number of hydrogen-bond donors (Lipinski definition) is 2. The summed E-state index contributed by atoms with van der Waals surface area (Å²) in [4.78, 5) is 11.1. The molecule has 1 aromatic carbocycles. The Bertz CT molecular complexity index is 452. The molecule has 1 atom stereocenters. The number of carbonyl (C=O) groups is 1. The molecule has 0 saturated heterocycles. The van der Waals surface area contributed by atoms with Gasteiger partial charge in [-0.2, -0.15) is 0 Å². The highest BCUT2D eigenvalue weighted by atomic mass is 16.4. The molecular formula is C16H25NO2. The van der Waals surface area contributed by atoms with Crippen molar-refractivity contribution in [2.75, 3.05) is 6.54 Å². The van der Waals surface area contributed by atoms with Crippen molar-refractivity contribution in [1.82, 2.24) is 5.32 Å². The average Bonchev–Trinajstić information content (AvgIpc) is 2.33. The van der Waals surface area contributed by atoms with Crippen LogP contribution in [0.4, 0.5) is 0 Å². The molecule has 0 fully saturated rings. The number of benzene rings is 1. The molecule has 19 heavy (non-hydrogen) atoms. The van der Waals surface area contributed by atoms with E-state index in [0.29, 0.717) is 6.54 Å². The first-order chi connectivity index (χ1) is 8.84. The topological polar surface area (TPSA) is 49.3 Å². The van der Waals surface area contributed by atoms with Crippen LogP contribution in [0, 0.1) is 32.6 Å². The molecule has 0 spiro atoms. The van der Waals surface area contributed by atoms with Crippen LogP contribution in [-0.4, -0.2) is 17.6 Å². The highest BCUT2D eigenvalue weighted by molar-refractivity contribution is 5.70. The number of hydrogen-bond acceptors (Lipinski definition) is 2. The fourth-order valence-electron chi connectivity index (χ4n) is 2.17. The molecule has 1 rings (SSSR count). The first kappa shape index (κ1) is 15.7. The van der Waals surface area contributed by atoms with Gasteiger partial charge in [0.05, 0.1) is 5.92 Å². The Balaban J connectivity index is 2.63. The van der Waals surface area contributed by atoms with E-state index in [1.54, 1.807) is 0 Å². The monoisotopic (exact) mass is 263 g/mol. The summed E-state index contributed by atoms with van der Waals surface area (Å²) in [6.45, 7) is 11.5. The highest BCUT2D eigenvalue weighted by Crippen LogP contribution is 2.17. The van der Waals surface area contributed by atoms with Crippen molar-refractivity contribution < 1.29 is 9.90 Å². The molecule has 0 aromatic heterocycles. The predicted molar refractivity (Wildman–Crippen MR) is 78.3 cm³/mol. The Morgan fingerprint density at radius 3 is 2.37 bits per heavy atom. The molecule has 0 aliphatic carbocycles. The minimum absolute atomic E-state index is 0.144. The van der Waals surface area contributed by atoms with Crippen molar-refractivity contribution in [2.45, 2.75) is 41.2 Å². The lowest BCUT2D eigenvalue weighted by Crippen LogP contribution is -2.32. The first-order valence-corrected chi connectivity index (χ1v) is 6.83. The summed E-state index contributed by atoms with van der Waals surface area (Å²) < 4.78 is 0. The second-order valence-corrected chi connectivity index (χ2v) is 5.61. The molecule has 0 saturated carbocycles. The van der Waals surface area contributed by atoms with E-state index < -0.39 is 5.97 Å². The minimum atomic E-state index is -0.723. The van der Waals surface area contributed by atoms with E-state index >= 15 is 0 Å². The minimum Gasteiger partial charge on any atom is -0.481 e. The molecule has 0 amide bonds. The molecule has 3 heteroatoms. The summed E-state index contributed by atoms with van der Waals surface area (Å²) in [5.74, 6) is -0.906. The Labute approximate surface area is 116 Å². The van der Waals surface area contributed by atoms with Crippen LogP contribution in [0.25, 0.3) is 0 Å². The quantitative estimate of drug-likeness (QED) is 0.829. The maximum Gasteiger partial charge on any atom is 0.308 e. The van der Waals surface area contributed by atoms with Gasteiger partial charge in [-0.1, -0.05) is 26.0 Å². The van der Waals surface area contributed by atoms with E-state index in [9.17, 15) is 4.79 Å². The molecule has 0 aliphatic rings. The summed E-state index contributed by atoms with van der Waals surface area (Å²) in [7, 11) is 0. The van der Waals surface area contributed by atoms with Crippen LogP contribution >= 0.6 is 0 Å². The Morgan fingerprint density at radius 1 is 1.21 bits per heavy atom. The highest BCUT2D eigenvalue weighted by Gasteiger charge is 2.20. The van der Waals surface area contributed by atoms with Gasteiger partial charge in [0, 0.05) is 13.1 Å². The number of aryl methyl sites for hydroxylation is 1. The third-order valence-corrected chi connectivity index (χ3v) is 3.97. The average molecular weight is 263 g/mol. The number of nitrogens with one attached hydrogen (secondary N) is 1.